The fourth-order valence-electron chi connectivity index (χ4n) is 3.00. The van der Waals surface area contributed by atoms with Gasteiger partial charge in [0.1, 0.15) is 0 Å². The van der Waals surface area contributed by atoms with Crippen molar-refractivity contribution in [3.8, 4) is 0 Å². The topological polar surface area (TPSA) is 108 Å². The third-order valence-corrected chi connectivity index (χ3v) is 4.82. The average Bonchev–Trinajstić information content (AvgIpc) is 3.02. The van der Waals surface area contributed by atoms with Crippen LogP contribution in [0.25, 0.3) is 0 Å². The van der Waals surface area contributed by atoms with Gasteiger partial charge in [-0.3, -0.25) is 19.3 Å². The van der Waals surface area contributed by atoms with Crippen LogP contribution in [0.3, 0.4) is 0 Å². The van der Waals surface area contributed by atoms with Gasteiger partial charge in [-0.1, -0.05) is 30.3 Å². The molecule has 3 N–H and O–H groups in total. The molecule has 1 saturated heterocycles. The number of benzene rings is 2. The summed E-state index contributed by atoms with van der Waals surface area (Å²) in [5, 5.41) is 7.81. The Hall–Kier alpha value is -3.68. The fourth-order valence-corrected chi connectivity index (χ4v) is 3.00. The molecule has 1 aliphatic heterocycles. The van der Waals surface area contributed by atoms with Gasteiger partial charge in [0.25, 0.3) is 5.91 Å². The summed E-state index contributed by atoms with van der Waals surface area (Å²) in [5.74, 6) is -1.15. The first-order valence-corrected chi connectivity index (χ1v) is 9.17. The molecule has 0 unspecified atom stereocenters. The second-order valence-electron chi connectivity index (χ2n) is 6.77. The SMILES string of the molecule is Cc1cccc(NC(=O)CNC(=O)c2ccccc2CN2C(=O)CNC2=O)c1C. The molecular formula is C21H22N4O4. The van der Waals surface area contributed by atoms with Crippen LogP contribution in [0.1, 0.15) is 27.0 Å². The van der Waals surface area contributed by atoms with Crippen LogP contribution in [-0.4, -0.2) is 41.7 Å². The molecular weight excluding hydrogens is 372 g/mol. The number of carbonyl (C=O) groups excluding carboxylic acids is 4. The van der Waals surface area contributed by atoms with Crippen molar-refractivity contribution in [2.75, 3.05) is 18.4 Å². The molecule has 2 aromatic carbocycles. The van der Waals surface area contributed by atoms with Crippen LogP contribution in [0, 0.1) is 13.8 Å². The second kappa shape index (κ2) is 8.55. The lowest BCUT2D eigenvalue weighted by Gasteiger charge is -2.15. The van der Waals surface area contributed by atoms with Crippen molar-refractivity contribution >= 4 is 29.4 Å². The van der Waals surface area contributed by atoms with Crippen molar-refractivity contribution in [1.82, 2.24) is 15.5 Å². The Morgan fingerprint density at radius 1 is 1.07 bits per heavy atom. The summed E-state index contributed by atoms with van der Waals surface area (Å²) in [6.07, 6.45) is 0. The van der Waals surface area contributed by atoms with Crippen LogP contribution in [-0.2, 0) is 16.1 Å². The molecule has 8 nitrogen and oxygen atoms in total. The van der Waals surface area contributed by atoms with E-state index in [1.807, 2.05) is 26.0 Å². The molecule has 1 fully saturated rings. The molecule has 0 aromatic heterocycles. The zero-order chi connectivity index (χ0) is 21.0. The first-order chi connectivity index (χ1) is 13.9. The predicted octanol–water partition coefficient (Wildman–Crippen LogP) is 1.72. The number of nitrogens with one attached hydrogen (secondary N) is 3. The summed E-state index contributed by atoms with van der Waals surface area (Å²) in [6, 6.07) is 11.8. The highest BCUT2D eigenvalue weighted by atomic mass is 16.2. The first kappa shape index (κ1) is 20.1. The van der Waals surface area contributed by atoms with Crippen molar-refractivity contribution in [2.45, 2.75) is 20.4 Å². The number of carbonyl (C=O) groups is 4. The molecule has 0 atom stereocenters. The van der Waals surface area contributed by atoms with Crippen LogP contribution in [0.5, 0.6) is 0 Å². The van der Waals surface area contributed by atoms with E-state index in [9.17, 15) is 19.2 Å². The molecule has 0 bridgehead atoms. The molecule has 29 heavy (non-hydrogen) atoms. The van der Waals surface area contributed by atoms with E-state index < -0.39 is 11.9 Å². The van der Waals surface area contributed by atoms with Crippen LogP contribution in [0.15, 0.2) is 42.5 Å². The lowest BCUT2D eigenvalue weighted by atomic mass is 10.1. The Morgan fingerprint density at radius 2 is 1.83 bits per heavy atom. The van der Waals surface area contributed by atoms with Gasteiger partial charge in [-0.2, -0.15) is 0 Å². The normalized spacial score (nSPS) is 13.2. The number of hydrogen-bond donors (Lipinski definition) is 3. The van der Waals surface area contributed by atoms with Gasteiger partial charge in [0, 0.05) is 11.3 Å². The van der Waals surface area contributed by atoms with Crippen LogP contribution in [0.2, 0.25) is 0 Å². The predicted molar refractivity (Wildman–Crippen MR) is 107 cm³/mol. The summed E-state index contributed by atoms with van der Waals surface area (Å²) in [7, 11) is 0. The highest BCUT2D eigenvalue weighted by molar-refractivity contribution is 6.03. The van der Waals surface area contributed by atoms with Gasteiger partial charge in [0.2, 0.25) is 11.8 Å². The van der Waals surface area contributed by atoms with Crippen molar-refractivity contribution < 1.29 is 19.2 Å². The van der Waals surface area contributed by atoms with Crippen molar-refractivity contribution in [2.24, 2.45) is 0 Å². The van der Waals surface area contributed by atoms with E-state index >= 15 is 0 Å². The number of anilines is 1. The van der Waals surface area contributed by atoms with Gasteiger partial charge >= 0.3 is 6.03 Å². The minimum absolute atomic E-state index is 0.0110. The number of aryl methyl sites for hydroxylation is 1. The zero-order valence-electron chi connectivity index (χ0n) is 16.2. The van der Waals surface area contributed by atoms with Crippen molar-refractivity contribution in [3.63, 3.8) is 0 Å². The summed E-state index contributed by atoms with van der Waals surface area (Å²) >= 11 is 0. The maximum Gasteiger partial charge on any atom is 0.324 e. The van der Waals surface area contributed by atoms with Gasteiger partial charge in [0.05, 0.1) is 19.6 Å². The minimum atomic E-state index is -0.488. The fraction of sp³-hybridized carbons (Fsp3) is 0.238. The van der Waals surface area contributed by atoms with E-state index in [4.69, 9.17) is 0 Å². The summed E-state index contributed by atoms with van der Waals surface area (Å²) < 4.78 is 0. The lowest BCUT2D eigenvalue weighted by molar-refractivity contribution is -0.125. The highest BCUT2D eigenvalue weighted by Crippen LogP contribution is 2.18. The average molecular weight is 394 g/mol. The van der Waals surface area contributed by atoms with Crippen molar-refractivity contribution in [1.29, 1.82) is 0 Å². The maximum absolute atomic E-state index is 12.6. The summed E-state index contributed by atoms with van der Waals surface area (Å²) in [5.41, 5.74) is 3.54. The Balaban J connectivity index is 1.64. The lowest BCUT2D eigenvalue weighted by Crippen LogP contribution is -2.35. The van der Waals surface area contributed by atoms with E-state index in [-0.39, 0.29) is 31.4 Å². The maximum atomic E-state index is 12.6. The highest BCUT2D eigenvalue weighted by Gasteiger charge is 2.29. The van der Waals surface area contributed by atoms with Crippen LogP contribution in [0.4, 0.5) is 10.5 Å². The minimum Gasteiger partial charge on any atom is -0.343 e. The molecule has 0 spiro atoms. The summed E-state index contributed by atoms with van der Waals surface area (Å²) in [6.45, 7) is 3.60. The second-order valence-corrected chi connectivity index (χ2v) is 6.77. The third-order valence-electron chi connectivity index (χ3n) is 4.82. The molecule has 0 saturated carbocycles. The number of nitrogens with zero attached hydrogens (tertiary/aromatic N) is 1. The molecule has 1 aliphatic rings. The van der Waals surface area contributed by atoms with Gasteiger partial charge in [0.15, 0.2) is 0 Å². The molecule has 5 amide bonds. The standard InChI is InChI=1S/C21H22N4O4/c1-13-6-5-9-17(14(13)2)24-18(26)10-22-20(28)16-8-4-3-7-15(16)12-25-19(27)11-23-21(25)29/h3-9H,10-12H2,1-2H3,(H,22,28)(H,23,29)(H,24,26). The van der Waals surface area contributed by atoms with E-state index in [0.717, 1.165) is 16.0 Å². The molecule has 150 valence electrons. The molecule has 2 aromatic rings. The monoisotopic (exact) mass is 394 g/mol. The van der Waals surface area contributed by atoms with E-state index in [2.05, 4.69) is 16.0 Å². The number of hydrogen-bond acceptors (Lipinski definition) is 4. The van der Waals surface area contributed by atoms with E-state index in [1.54, 1.807) is 30.3 Å². The first-order valence-electron chi connectivity index (χ1n) is 9.17. The Kier molecular flexibility index (Phi) is 5.92. The Bertz CT molecular complexity index is 970. The van der Waals surface area contributed by atoms with Crippen LogP contribution < -0.4 is 16.0 Å². The molecule has 0 aliphatic carbocycles. The van der Waals surface area contributed by atoms with E-state index in [1.165, 1.54) is 0 Å². The van der Waals surface area contributed by atoms with Crippen LogP contribution >= 0.6 is 0 Å². The van der Waals surface area contributed by atoms with Crippen molar-refractivity contribution in [3.05, 3.63) is 64.7 Å². The molecule has 0 radical (unpaired) electrons. The van der Waals surface area contributed by atoms with Gasteiger partial charge in [-0.15, -0.1) is 0 Å². The number of amides is 5. The van der Waals surface area contributed by atoms with Gasteiger partial charge < -0.3 is 16.0 Å². The Morgan fingerprint density at radius 3 is 2.55 bits per heavy atom. The number of imide groups is 1. The molecule has 3 rings (SSSR count). The largest absolute Gasteiger partial charge is 0.343 e. The van der Waals surface area contributed by atoms with Gasteiger partial charge in [-0.05, 0) is 42.7 Å². The van der Waals surface area contributed by atoms with Gasteiger partial charge in [-0.25, -0.2) is 4.79 Å². The molecule has 1 heterocycles. The Labute approximate surface area is 168 Å². The smallest absolute Gasteiger partial charge is 0.324 e. The number of urea groups is 1. The van der Waals surface area contributed by atoms with E-state index in [0.29, 0.717) is 16.8 Å². The quantitative estimate of drug-likeness (QED) is 0.649. The zero-order valence-corrected chi connectivity index (χ0v) is 16.2. The number of rotatable bonds is 6. The molecule has 8 heteroatoms. The summed E-state index contributed by atoms with van der Waals surface area (Å²) in [4.78, 5) is 49.4. The third kappa shape index (κ3) is 4.60.